The van der Waals surface area contributed by atoms with Crippen LogP contribution in [0.1, 0.15) is 26.3 Å². The molecule has 2 N–H and O–H groups in total. The molecule has 0 radical (unpaired) electrons. The van der Waals surface area contributed by atoms with Gasteiger partial charge in [0.05, 0.1) is 0 Å². The number of benzene rings is 1. The first kappa shape index (κ1) is 16.7. The minimum Gasteiger partial charge on any atom is -0.481 e. The van der Waals surface area contributed by atoms with Gasteiger partial charge < -0.3 is 10.1 Å². The first-order chi connectivity index (χ1) is 9.92. The summed E-state index contributed by atoms with van der Waals surface area (Å²) in [7, 11) is 0. The number of rotatable bonds is 6. The molecular formula is C15H20N2O4. The summed E-state index contributed by atoms with van der Waals surface area (Å²) >= 11 is 0. The fourth-order valence-electron chi connectivity index (χ4n) is 1.65. The van der Waals surface area contributed by atoms with Crippen LogP contribution < -0.4 is 15.4 Å². The van der Waals surface area contributed by atoms with E-state index in [2.05, 4.69) is 10.6 Å². The van der Waals surface area contributed by atoms with Crippen LogP contribution >= 0.6 is 0 Å². The maximum atomic E-state index is 11.7. The van der Waals surface area contributed by atoms with Crippen LogP contribution in [0.15, 0.2) is 24.3 Å². The predicted molar refractivity (Wildman–Crippen MR) is 78.1 cm³/mol. The number of ketones is 1. The molecule has 0 aliphatic heterocycles. The van der Waals surface area contributed by atoms with Crippen molar-refractivity contribution in [1.29, 1.82) is 0 Å². The van der Waals surface area contributed by atoms with Crippen molar-refractivity contribution >= 4 is 17.7 Å². The highest BCUT2D eigenvalue weighted by Crippen LogP contribution is 2.14. The second kappa shape index (κ2) is 8.04. The minimum atomic E-state index is -0.800. The maximum absolute atomic E-state index is 11.7. The van der Waals surface area contributed by atoms with Gasteiger partial charge in [0.1, 0.15) is 11.5 Å². The van der Waals surface area contributed by atoms with Gasteiger partial charge in [-0.25, -0.2) is 4.79 Å². The molecule has 6 heteroatoms. The van der Waals surface area contributed by atoms with Crippen molar-refractivity contribution < 1.29 is 19.1 Å². The topological polar surface area (TPSA) is 84.5 Å². The summed E-state index contributed by atoms with van der Waals surface area (Å²) in [6.07, 6.45) is -0.431. The lowest BCUT2D eigenvalue weighted by atomic mass is 10.1. The summed E-state index contributed by atoms with van der Waals surface area (Å²) in [5.41, 5.74) is 0.884. The number of hydrogen-bond donors (Lipinski definition) is 2. The molecule has 0 saturated heterocycles. The van der Waals surface area contributed by atoms with Crippen LogP contribution in [0.5, 0.6) is 5.75 Å². The molecule has 0 aliphatic carbocycles. The van der Waals surface area contributed by atoms with Crippen molar-refractivity contribution in [1.82, 2.24) is 10.6 Å². The van der Waals surface area contributed by atoms with Crippen molar-refractivity contribution in [2.75, 3.05) is 6.54 Å². The number of carbonyl (C=O) groups excluding carboxylic acids is 3. The Morgan fingerprint density at radius 1 is 1.19 bits per heavy atom. The Morgan fingerprint density at radius 2 is 1.81 bits per heavy atom. The standard InChI is InChI=1S/C15H20N2O4/c1-4-16-15(20)17-14(19)11(3)21-13-7-5-12(6-8-13)9-10(2)18/h5-8,11H,4,9H2,1-3H3,(H2,16,17,19,20). The fourth-order valence-corrected chi connectivity index (χ4v) is 1.65. The smallest absolute Gasteiger partial charge is 0.321 e. The highest BCUT2D eigenvalue weighted by atomic mass is 16.5. The average Bonchev–Trinajstić information content (AvgIpc) is 2.40. The van der Waals surface area contributed by atoms with E-state index in [1.165, 1.54) is 6.92 Å². The van der Waals surface area contributed by atoms with Crippen LogP contribution in [0.2, 0.25) is 0 Å². The molecule has 0 heterocycles. The molecule has 0 spiro atoms. The maximum Gasteiger partial charge on any atom is 0.321 e. The van der Waals surface area contributed by atoms with E-state index < -0.39 is 18.0 Å². The van der Waals surface area contributed by atoms with E-state index in [0.29, 0.717) is 18.7 Å². The number of urea groups is 1. The van der Waals surface area contributed by atoms with Crippen LogP contribution in [0, 0.1) is 0 Å². The Morgan fingerprint density at radius 3 is 2.33 bits per heavy atom. The lowest BCUT2D eigenvalue weighted by Crippen LogP contribution is -2.45. The van der Waals surface area contributed by atoms with E-state index in [1.807, 2.05) is 0 Å². The van der Waals surface area contributed by atoms with Gasteiger partial charge in [-0.15, -0.1) is 0 Å². The fraction of sp³-hybridized carbons (Fsp3) is 0.400. The molecule has 0 aliphatic rings. The monoisotopic (exact) mass is 292 g/mol. The second-order valence-corrected chi connectivity index (χ2v) is 4.63. The third-order valence-electron chi connectivity index (χ3n) is 2.63. The van der Waals surface area contributed by atoms with E-state index in [1.54, 1.807) is 38.1 Å². The van der Waals surface area contributed by atoms with Crippen LogP contribution in [0.25, 0.3) is 0 Å². The van der Waals surface area contributed by atoms with Crippen LogP contribution in [0.4, 0.5) is 4.79 Å². The Kier molecular flexibility index (Phi) is 6.39. The van der Waals surface area contributed by atoms with E-state index >= 15 is 0 Å². The van der Waals surface area contributed by atoms with Gasteiger partial charge in [0.25, 0.3) is 5.91 Å². The number of carbonyl (C=O) groups is 3. The molecule has 21 heavy (non-hydrogen) atoms. The quantitative estimate of drug-likeness (QED) is 0.830. The molecule has 1 unspecified atom stereocenters. The number of imide groups is 1. The van der Waals surface area contributed by atoms with Crippen LogP contribution in [0.3, 0.4) is 0 Å². The first-order valence-electron chi connectivity index (χ1n) is 6.76. The summed E-state index contributed by atoms with van der Waals surface area (Å²) in [6.45, 7) is 5.27. The molecule has 6 nitrogen and oxygen atoms in total. The second-order valence-electron chi connectivity index (χ2n) is 4.63. The summed E-state index contributed by atoms with van der Waals surface area (Å²) in [4.78, 5) is 33.9. The Bertz CT molecular complexity index is 511. The third kappa shape index (κ3) is 6.07. The molecule has 0 saturated carbocycles. The van der Waals surface area contributed by atoms with Gasteiger partial charge in [-0.2, -0.15) is 0 Å². The molecule has 1 aromatic rings. The Balaban J connectivity index is 2.54. The number of nitrogens with one attached hydrogen (secondary N) is 2. The van der Waals surface area contributed by atoms with Gasteiger partial charge in [0.15, 0.2) is 6.10 Å². The Hall–Kier alpha value is -2.37. The number of amides is 3. The predicted octanol–water partition coefficient (Wildman–Crippen LogP) is 1.43. The number of hydrogen-bond acceptors (Lipinski definition) is 4. The first-order valence-corrected chi connectivity index (χ1v) is 6.76. The minimum absolute atomic E-state index is 0.0818. The van der Waals surface area contributed by atoms with E-state index in [9.17, 15) is 14.4 Å². The summed E-state index contributed by atoms with van der Waals surface area (Å²) in [6, 6.07) is 6.37. The molecular weight excluding hydrogens is 272 g/mol. The van der Waals surface area contributed by atoms with Crippen LogP contribution in [-0.2, 0) is 16.0 Å². The SMILES string of the molecule is CCNC(=O)NC(=O)C(C)Oc1ccc(CC(C)=O)cc1. The zero-order chi connectivity index (χ0) is 15.8. The van der Waals surface area contributed by atoms with Crippen molar-refractivity contribution in [3.8, 4) is 5.75 Å². The van der Waals surface area contributed by atoms with Crippen LogP contribution in [-0.4, -0.2) is 30.4 Å². The molecule has 1 rings (SSSR count). The molecule has 3 amide bonds. The van der Waals surface area contributed by atoms with Gasteiger partial charge in [-0.05, 0) is 38.5 Å². The summed E-state index contributed by atoms with van der Waals surface area (Å²) in [5.74, 6) is 0.0629. The van der Waals surface area contributed by atoms with E-state index in [-0.39, 0.29) is 5.78 Å². The highest BCUT2D eigenvalue weighted by molar-refractivity contribution is 5.96. The lowest BCUT2D eigenvalue weighted by molar-refractivity contribution is -0.126. The molecule has 0 aromatic heterocycles. The molecule has 1 aromatic carbocycles. The summed E-state index contributed by atoms with van der Waals surface area (Å²) in [5, 5.41) is 4.64. The normalized spacial score (nSPS) is 11.4. The largest absolute Gasteiger partial charge is 0.481 e. The van der Waals surface area contributed by atoms with Crippen molar-refractivity contribution in [2.45, 2.75) is 33.3 Å². The van der Waals surface area contributed by atoms with Crippen molar-refractivity contribution in [2.24, 2.45) is 0 Å². The van der Waals surface area contributed by atoms with Gasteiger partial charge in [-0.1, -0.05) is 12.1 Å². The van der Waals surface area contributed by atoms with Crippen molar-refractivity contribution in [3.05, 3.63) is 29.8 Å². The summed E-state index contributed by atoms with van der Waals surface area (Å²) < 4.78 is 5.44. The number of Topliss-reactive ketones (excluding diaryl/α,β-unsaturated/α-hetero) is 1. The van der Waals surface area contributed by atoms with Gasteiger partial charge in [-0.3, -0.25) is 14.9 Å². The number of ether oxygens (including phenoxy) is 1. The molecule has 0 fully saturated rings. The lowest BCUT2D eigenvalue weighted by Gasteiger charge is -2.14. The van der Waals surface area contributed by atoms with Gasteiger partial charge in [0, 0.05) is 13.0 Å². The zero-order valence-corrected chi connectivity index (χ0v) is 12.4. The Labute approximate surface area is 123 Å². The highest BCUT2D eigenvalue weighted by Gasteiger charge is 2.17. The third-order valence-corrected chi connectivity index (χ3v) is 2.63. The average molecular weight is 292 g/mol. The zero-order valence-electron chi connectivity index (χ0n) is 12.4. The molecule has 114 valence electrons. The van der Waals surface area contributed by atoms with E-state index in [0.717, 1.165) is 5.56 Å². The van der Waals surface area contributed by atoms with Gasteiger partial charge in [0.2, 0.25) is 0 Å². The van der Waals surface area contributed by atoms with E-state index in [4.69, 9.17) is 4.74 Å². The van der Waals surface area contributed by atoms with Gasteiger partial charge >= 0.3 is 6.03 Å². The molecule has 1 atom stereocenters. The molecule has 0 bridgehead atoms. The van der Waals surface area contributed by atoms with Crippen molar-refractivity contribution in [3.63, 3.8) is 0 Å².